The number of aliphatic hydroxyl groups is 1. The van der Waals surface area contributed by atoms with E-state index in [9.17, 15) is 9.90 Å². The number of carbonyl (C=O) groups is 1. The van der Waals surface area contributed by atoms with E-state index in [4.69, 9.17) is 0 Å². The Morgan fingerprint density at radius 3 is 2.35 bits per heavy atom. The molecular weight excluding hydrogens is 214 g/mol. The van der Waals surface area contributed by atoms with Crippen molar-refractivity contribution in [3.8, 4) is 0 Å². The molecular formula is C14H21NO2. The predicted molar refractivity (Wildman–Crippen MR) is 68.8 cm³/mol. The zero-order valence-corrected chi connectivity index (χ0v) is 11.2. The summed E-state index contributed by atoms with van der Waals surface area (Å²) >= 11 is 0. The van der Waals surface area contributed by atoms with Gasteiger partial charge in [-0.2, -0.15) is 0 Å². The summed E-state index contributed by atoms with van der Waals surface area (Å²) in [5, 5.41) is 12.3. The number of benzene rings is 1. The maximum atomic E-state index is 11.5. The van der Waals surface area contributed by atoms with Crippen LogP contribution >= 0.6 is 0 Å². The van der Waals surface area contributed by atoms with E-state index in [0.717, 1.165) is 5.56 Å². The third-order valence-electron chi connectivity index (χ3n) is 3.17. The van der Waals surface area contributed by atoms with Crippen molar-refractivity contribution in [2.45, 2.75) is 46.8 Å². The SMILES string of the molecule is Cc1ccc(CNC(=O)C(C)(C)O)c(C)c1C. The Labute approximate surface area is 103 Å². The van der Waals surface area contributed by atoms with Gasteiger partial charge in [0.2, 0.25) is 0 Å². The van der Waals surface area contributed by atoms with Crippen molar-refractivity contribution in [3.63, 3.8) is 0 Å². The molecule has 0 aliphatic carbocycles. The minimum absolute atomic E-state index is 0.352. The van der Waals surface area contributed by atoms with Gasteiger partial charge in [-0.25, -0.2) is 0 Å². The van der Waals surface area contributed by atoms with Gasteiger partial charge in [-0.15, -0.1) is 0 Å². The third-order valence-corrected chi connectivity index (χ3v) is 3.17. The lowest BCUT2D eigenvalue weighted by molar-refractivity contribution is -0.136. The quantitative estimate of drug-likeness (QED) is 0.842. The highest BCUT2D eigenvalue weighted by molar-refractivity contribution is 5.83. The summed E-state index contributed by atoms with van der Waals surface area (Å²) in [6.07, 6.45) is 0. The van der Waals surface area contributed by atoms with Crippen LogP contribution in [0.2, 0.25) is 0 Å². The lowest BCUT2D eigenvalue weighted by Gasteiger charge is -2.18. The van der Waals surface area contributed by atoms with Crippen LogP contribution in [0.4, 0.5) is 0 Å². The summed E-state index contributed by atoms with van der Waals surface area (Å²) in [5.41, 5.74) is 3.46. The molecule has 0 saturated carbocycles. The van der Waals surface area contributed by atoms with Gasteiger partial charge >= 0.3 is 0 Å². The molecule has 0 saturated heterocycles. The van der Waals surface area contributed by atoms with Crippen LogP contribution in [0.15, 0.2) is 12.1 Å². The predicted octanol–water partition coefficient (Wildman–Crippen LogP) is 2.00. The van der Waals surface area contributed by atoms with Crippen LogP contribution in [0.1, 0.15) is 36.1 Å². The van der Waals surface area contributed by atoms with Gasteiger partial charge in [0.15, 0.2) is 0 Å². The van der Waals surface area contributed by atoms with Gasteiger partial charge in [0.1, 0.15) is 5.60 Å². The topological polar surface area (TPSA) is 49.3 Å². The van der Waals surface area contributed by atoms with Crippen molar-refractivity contribution in [3.05, 3.63) is 34.4 Å². The molecule has 0 aliphatic rings. The zero-order valence-electron chi connectivity index (χ0n) is 11.2. The van der Waals surface area contributed by atoms with Crippen molar-refractivity contribution >= 4 is 5.91 Å². The highest BCUT2D eigenvalue weighted by atomic mass is 16.3. The Morgan fingerprint density at radius 2 is 1.82 bits per heavy atom. The number of nitrogens with one attached hydrogen (secondary N) is 1. The molecule has 17 heavy (non-hydrogen) atoms. The summed E-state index contributed by atoms with van der Waals surface area (Å²) in [6, 6.07) is 4.07. The maximum Gasteiger partial charge on any atom is 0.251 e. The number of carbonyl (C=O) groups excluding carboxylic acids is 1. The van der Waals surface area contributed by atoms with E-state index in [0.29, 0.717) is 6.54 Å². The lowest BCUT2D eigenvalue weighted by Crippen LogP contribution is -2.41. The molecule has 0 radical (unpaired) electrons. The summed E-state index contributed by atoms with van der Waals surface area (Å²) in [6.45, 7) is 9.61. The molecule has 1 amide bonds. The summed E-state index contributed by atoms with van der Waals surface area (Å²) < 4.78 is 0. The second-order valence-electron chi connectivity index (χ2n) is 5.03. The normalized spacial score (nSPS) is 11.4. The smallest absolute Gasteiger partial charge is 0.251 e. The summed E-state index contributed by atoms with van der Waals surface area (Å²) in [5.74, 6) is -0.352. The van der Waals surface area contributed by atoms with Crippen LogP contribution in [0, 0.1) is 20.8 Å². The van der Waals surface area contributed by atoms with Crippen molar-refractivity contribution in [1.82, 2.24) is 5.32 Å². The number of amides is 1. The lowest BCUT2D eigenvalue weighted by atomic mass is 9.98. The Balaban J connectivity index is 2.78. The van der Waals surface area contributed by atoms with Crippen LogP contribution in [0.3, 0.4) is 0 Å². The average molecular weight is 235 g/mol. The molecule has 0 fully saturated rings. The molecule has 1 aromatic carbocycles. The molecule has 0 spiro atoms. The third kappa shape index (κ3) is 3.30. The summed E-state index contributed by atoms with van der Waals surface area (Å²) in [4.78, 5) is 11.5. The molecule has 3 heteroatoms. The van der Waals surface area contributed by atoms with Crippen molar-refractivity contribution in [2.24, 2.45) is 0 Å². The number of rotatable bonds is 3. The molecule has 2 N–H and O–H groups in total. The van der Waals surface area contributed by atoms with E-state index in [1.807, 2.05) is 19.1 Å². The molecule has 94 valence electrons. The first kappa shape index (κ1) is 13.7. The molecule has 0 atom stereocenters. The fourth-order valence-electron chi connectivity index (χ4n) is 1.60. The van der Waals surface area contributed by atoms with Gasteiger partial charge in [-0.05, 0) is 56.9 Å². The first-order valence-electron chi connectivity index (χ1n) is 5.80. The van der Waals surface area contributed by atoms with Gasteiger partial charge in [0.25, 0.3) is 5.91 Å². The number of hydrogen-bond acceptors (Lipinski definition) is 2. The second-order valence-corrected chi connectivity index (χ2v) is 5.03. The van der Waals surface area contributed by atoms with Gasteiger partial charge < -0.3 is 10.4 Å². The molecule has 3 nitrogen and oxygen atoms in total. The monoisotopic (exact) mass is 235 g/mol. The Bertz CT molecular complexity index is 431. The molecule has 1 rings (SSSR count). The fraction of sp³-hybridized carbons (Fsp3) is 0.500. The average Bonchev–Trinajstić information content (AvgIpc) is 2.23. The Kier molecular flexibility index (Phi) is 3.94. The van der Waals surface area contributed by atoms with Gasteiger partial charge in [-0.3, -0.25) is 4.79 Å². The first-order valence-corrected chi connectivity index (χ1v) is 5.80. The molecule has 0 unspecified atom stereocenters. The first-order chi connectivity index (χ1) is 7.73. The van der Waals surface area contributed by atoms with Crippen molar-refractivity contribution in [1.29, 1.82) is 0 Å². The molecule has 1 aromatic rings. The van der Waals surface area contributed by atoms with E-state index in [-0.39, 0.29) is 5.91 Å². The molecule has 0 heterocycles. The number of hydrogen-bond donors (Lipinski definition) is 2. The Morgan fingerprint density at radius 1 is 1.24 bits per heavy atom. The van der Waals surface area contributed by atoms with E-state index in [1.165, 1.54) is 30.5 Å². The molecule has 0 aliphatic heterocycles. The van der Waals surface area contributed by atoms with Crippen LogP contribution in [0.5, 0.6) is 0 Å². The van der Waals surface area contributed by atoms with Crippen LogP contribution in [0.25, 0.3) is 0 Å². The minimum Gasteiger partial charge on any atom is -0.381 e. The Hall–Kier alpha value is -1.35. The van der Waals surface area contributed by atoms with E-state index in [1.54, 1.807) is 0 Å². The minimum atomic E-state index is -1.33. The zero-order chi connectivity index (χ0) is 13.2. The highest BCUT2D eigenvalue weighted by Gasteiger charge is 2.23. The van der Waals surface area contributed by atoms with Gasteiger partial charge in [0.05, 0.1) is 0 Å². The van der Waals surface area contributed by atoms with Crippen molar-refractivity contribution < 1.29 is 9.90 Å². The highest BCUT2D eigenvalue weighted by Crippen LogP contribution is 2.17. The molecule has 0 aromatic heterocycles. The fourth-order valence-corrected chi connectivity index (χ4v) is 1.60. The van der Waals surface area contributed by atoms with E-state index >= 15 is 0 Å². The number of aryl methyl sites for hydroxylation is 1. The van der Waals surface area contributed by atoms with E-state index < -0.39 is 5.60 Å². The van der Waals surface area contributed by atoms with Crippen LogP contribution in [-0.2, 0) is 11.3 Å². The second kappa shape index (κ2) is 4.88. The van der Waals surface area contributed by atoms with E-state index in [2.05, 4.69) is 19.2 Å². The molecule has 0 bridgehead atoms. The van der Waals surface area contributed by atoms with Crippen molar-refractivity contribution in [2.75, 3.05) is 0 Å². The van der Waals surface area contributed by atoms with Gasteiger partial charge in [0, 0.05) is 6.54 Å². The van der Waals surface area contributed by atoms with Gasteiger partial charge in [-0.1, -0.05) is 12.1 Å². The standard InChI is InChI=1S/C14H21NO2/c1-9-6-7-12(11(3)10(9)2)8-15-13(16)14(4,5)17/h6-7,17H,8H2,1-5H3,(H,15,16). The maximum absolute atomic E-state index is 11.5. The van der Waals surface area contributed by atoms with Crippen LogP contribution in [-0.4, -0.2) is 16.6 Å². The summed E-state index contributed by atoms with van der Waals surface area (Å²) in [7, 11) is 0. The largest absolute Gasteiger partial charge is 0.381 e. The van der Waals surface area contributed by atoms with Crippen LogP contribution < -0.4 is 5.32 Å².